The maximum atomic E-state index is 10.9. The van der Waals surface area contributed by atoms with E-state index in [9.17, 15) is 18.5 Å². The molecule has 0 aliphatic heterocycles. The maximum Gasteiger partial charge on any atom is 0.294 e. The third-order valence-electron chi connectivity index (χ3n) is 2.83. The summed E-state index contributed by atoms with van der Waals surface area (Å²) in [5.41, 5.74) is 1.17. The van der Waals surface area contributed by atoms with Gasteiger partial charge in [0.25, 0.3) is 15.8 Å². The molecule has 0 fully saturated rings. The van der Waals surface area contributed by atoms with E-state index in [-0.39, 0.29) is 15.6 Å². The molecule has 0 saturated heterocycles. The molecule has 0 saturated carbocycles. The van der Waals surface area contributed by atoms with Crippen molar-refractivity contribution in [3.05, 3.63) is 68.7 Å². The van der Waals surface area contributed by atoms with Gasteiger partial charge in [0.1, 0.15) is 0 Å². The van der Waals surface area contributed by atoms with Crippen LogP contribution in [0, 0.1) is 10.1 Å². The van der Waals surface area contributed by atoms with Crippen LogP contribution in [0.3, 0.4) is 0 Å². The Morgan fingerprint density at radius 3 is 2.23 bits per heavy atom. The number of nitro groups is 1. The number of rotatable bonds is 4. The molecule has 0 aromatic heterocycles. The molecule has 0 heterocycles. The van der Waals surface area contributed by atoms with Gasteiger partial charge in [-0.05, 0) is 29.3 Å². The van der Waals surface area contributed by atoms with Crippen LogP contribution in [0.5, 0.6) is 0 Å². The molecule has 8 heteroatoms. The summed E-state index contributed by atoms with van der Waals surface area (Å²) in [6.07, 6.45) is 3.31. The minimum Gasteiger partial charge on any atom is -0.282 e. The fraction of sp³-hybridized carbons (Fsp3) is 0. The van der Waals surface area contributed by atoms with E-state index < -0.39 is 15.0 Å². The second-order valence-corrected chi connectivity index (χ2v) is 6.17. The maximum absolute atomic E-state index is 10.9. The summed E-state index contributed by atoms with van der Waals surface area (Å²) in [4.78, 5) is 9.89. The van der Waals surface area contributed by atoms with Crippen LogP contribution >= 0.6 is 11.6 Å². The zero-order chi connectivity index (χ0) is 16.3. The Kier molecular flexibility index (Phi) is 4.60. The quantitative estimate of drug-likeness (QED) is 0.396. The van der Waals surface area contributed by atoms with E-state index in [2.05, 4.69) is 0 Å². The van der Waals surface area contributed by atoms with Crippen LogP contribution in [0.15, 0.2) is 47.4 Å². The van der Waals surface area contributed by atoms with Crippen molar-refractivity contribution in [3.63, 3.8) is 0 Å². The predicted octanol–water partition coefficient (Wildman–Crippen LogP) is 3.67. The van der Waals surface area contributed by atoms with Gasteiger partial charge in [-0.25, -0.2) is 0 Å². The third kappa shape index (κ3) is 3.91. The van der Waals surface area contributed by atoms with Crippen molar-refractivity contribution in [2.75, 3.05) is 0 Å². The molecular formula is C14H10ClNO5S. The van der Waals surface area contributed by atoms with Crippen LogP contribution in [0.1, 0.15) is 11.1 Å². The topological polar surface area (TPSA) is 97.5 Å². The van der Waals surface area contributed by atoms with Gasteiger partial charge in [-0.1, -0.05) is 35.9 Å². The number of nitro benzene ring substituents is 1. The summed E-state index contributed by atoms with van der Waals surface area (Å²) in [5.74, 6) is 0. The van der Waals surface area contributed by atoms with Crippen LogP contribution in [-0.4, -0.2) is 17.9 Å². The number of nitrogens with zero attached hydrogens (tertiary/aromatic N) is 1. The first kappa shape index (κ1) is 16.2. The first-order valence-corrected chi connectivity index (χ1v) is 7.79. The van der Waals surface area contributed by atoms with Crippen molar-refractivity contribution < 1.29 is 17.9 Å². The zero-order valence-corrected chi connectivity index (χ0v) is 12.6. The van der Waals surface area contributed by atoms with Crippen LogP contribution in [-0.2, 0) is 10.1 Å². The van der Waals surface area contributed by atoms with Gasteiger partial charge in [0.2, 0.25) is 0 Å². The lowest BCUT2D eigenvalue weighted by molar-refractivity contribution is -0.384. The lowest BCUT2D eigenvalue weighted by Crippen LogP contribution is -1.97. The lowest BCUT2D eigenvalue weighted by atomic mass is 10.1. The highest BCUT2D eigenvalue weighted by atomic mass is 35.5. The number of non-ortho nitro benzene ring substituents is 1. The Bertz CT molecular complexity index is 844. The van der Waals surface area contributed by atoms with Gasteiger partial charge in [0.15, 0.2) is 0 Å². The third-order valence-corrected chi connectivity index (χ3v) is 4.02. The summed E-state index contributed by atoms with van der Waals surface area (Å²) in [6.45, 7) is 0. The normalized spacial score (nSPS) is 11.7. The Morgan fingerprint density at radius 2 is 1.73 bits per heavy atom. The molecule has 2 aromatic carbocycles. The highest BCUT2D eigenvalue weighted by Gasteiger charge is 2.09. The molecular weight excluding hydrogens is 330 g/mol. The van der Waals surface area contributed by atoms with Crippen LogP contribution < -0.4 is 0 Å². The van der Waals surface area contributed by atoms with Gasteiger partial charge < -0.3 is 0 Å². The van der Waals surface area contributed by atoms with Crippen molar-refractivity contribution >= 4 is 39.6 Å². The van der Waals surface area contributed by atoms with Crippen molar-refractivity contribution in [1.82, 2.24) is 0 Å². The minimum absolute atomic E-state index is 0.0975. The van der Waals surface area contributed by atoms with E-state index in [1.165, 1.54) is 42.5 Å². The molecule has 0 aliphatic carbocycles. The number of halogens is 1. The average Bonchev–Trinajstić information content (AvgIpc) is 2.45. The van der Waals surface area contributed by atoms with Crippen LogP contribution in [0.25, 0.3) is 12.2 Å². The molecule has 114 valence electrons. The predicted molar refractivity (Wildman–Crippen MR) is 83.3 cm³/mol. The van der Waals surface area contributed by atoms with Gasteiger partial charge >= 0.3 is 0 Å². The van der Waals surface area contributed by atoms with E-state index in [1.54, 1.807) is 12.2 Å². The molecule has 2 rings (SSSR count). The fourth-order valence-electron chi connectivity index (χ4n) is 1.70. The van der Waals surface area contributed by atoms with Gasteiger partial charge in [-0.3, -0.25) is 14.7 Å². The Hall–Kier alpha value is -2.22. The molecule has 0 spiro atoms. The standard InChI is InChI=1S/C14H10ClNO5S/c15-14-9-12(16(17)18)6-5-11(14)4-1-10-2-7-13(8-3-10)22(19,20)21/h1-9H,(H,19,20,21). The van der Waals surface area contributed by atoms with Gasteiger partial charge in [0, 0.05) is 12.1 Å². The van der Waals surface area contributed by atoms with E-state index in [0.29, 0.717) is 11.1 Å². The molecule has 6 nitrogen and oxygen atoms in total. The first-order chi connectivity index (χ1) is 10.3. The first-order valence-electron chi connectivity index (χ1n) is 5.97. The number of hydrogen-bond donors (Lipinski definition) is 1. The van der Waals surface area contributed by atoms with Gasteiger partial charge in [-0.15, -0.1) is 0 Å². The van der Waals surface area contributed by atoms with Crippen molar-refractivity contribution in [3.8, 4) is 0 Å². The molecule has 2 aromatic rings. The monoisotopic (exact) mass is 339 g/mol. The molecule has 0 bridgehead atoms. The lowest BCUT2D eigenvalue weighted by Gasteiger charge is -2.00. The van der Waals surface area contributed by atoms with Crippen LogP contribution in [0.2, 0.25) is 5.02 Å². The van der Waals surface area contributed by atoms with E-state index in [0.717, 1.165) is 0 Å². The minimum atomic E-state index is -4.22. The average molecular weight is 340 g/mol. The summed E-state index contributed by atoms with van der Waals surface area (Å²) in [5, 5.41) is 10.9. The highest BCUT2D eigenvalue weighted by molar-refractivity contribution is 7.85. The van der Waals surface area contributed by atoms with Crippen molar-refractivity contribution in [2.45, 2.75) is 4.90 Å². The van der Waals surface area contributed by atoms with Gasteiger partial charge in [-0.2, -0.15) is 8.42 Å². The zero-order valence-electron chi connectivity index (χ0n) is 11.0. The number of hydrogen-bond acceptors (Lipinski definition) is 4. The largest absolute Gasteiger partial charge is 0.294 e. The SMILES string of the molecule is O=[N+]([O-])c1ccc(C=Cc2ccc(S(=O)(=O)O)cc2)c(Cl)c1. The van der Waals surface area contributed by atoms with Crippen molar-refractivity contribution in [2.24, 2.45) is 0 Å². The van der Waals surface area contributed by atoms with E-state index in [1.807, 2.05) is 0 Å². The molecule has 0 unspecified atom stereocenters. The Balaban J connectivity index is 2.23. The summed E-state index contributed by atoms with van der Waals surface area (Å²) < 4.78 is 30.7. The second kappa shape index (κ2) is 6.27. The second-order valence-electron chi connectivity index (χ2n) is 4.34. The Labute approximate surface area is 131 Å². The van der Waals surface area contributed by atoms with E-state index in [4.69, 9.17) is 16.2 Å². The smallest absolute Gasteiger partial charge is 0.282 e. The van der Waals surface area contributed by atoms with Crippen LogP contribution in [0.4, 0.5) is 5.69 Å². The fourth-order valence-corrected chi connectivity index (χ4v) is 2.42. The molecule has 1 N–H and O–H groups in total. The van der Waals surface area contributed by atoms with Gasteiger partial charge in [0.05, 0.1) is 14.8 Å². The van der Waals surface area contributed by atoms with E-state index >= 15 is 0 Å². The molecule has 0 amide bonds. The number of benzene rings is 2. The molecule has 0 aliphatic rings. The summed E-state index contributed by atoms with van der Waals surface area (Å²) in [7, 11) is -4.22. The Morgan fingerprint density at radius 1 is 1.09 bits per heavy atom. The van der Waals surface area contributed by atoms with Crippen molar-refractivity contribution in [1.29, 1.82) is 0 Å². The molecule has 0 atom stereocenters. The summed E-state index contributed by atoms with van der Waals surface area (Å²) >= 11 is 5.96. The summed E-state index contributed by atoms with van der Waals surface area (Å²) in [6, 6.07) is 9.68. The highest BCUT2D eigenvalue weighted by Crippen LogP contribution is 2.24. The molecule has 22 heavy (non-hydrogen) atoms. The molecule has 0 radical (unpaired) electrons.